The highest BCUT2D eigenvalue weighted by molar-refractivity contribution is 5.84. The van der Waals surface area contributed by atoms with Gasteiger partial charge in [0.25, 0.3) is 6.01 Å². The lowest BCUT2D eigenvalue weighted by Crippen LogP contribution is -2.26. The predicted molar refractivity (Wildman–Crippen MR) is 114 cm³/mol. The molecule has 6 rings (SSSR count). The summed E-state index contributed by atoms with van der Waals surface area (Å²) in [5.41, 5.74) is 11.9. The zero-order chi connectivity index (χ0) is 19.5. The zero-order valence-electron chi connectivity index (χ0n) is 16.2. The number of pyridine rings is 2. The van der Waals surface area contributed by atoms with Gasteiger partial charge < -0.3 is 20.0 Å². The first kappa shape index (κ1) is 16.7. The Hall–Kier alpha value is -3.19. The van der Waals surface area contributed by atoms with Crippen LogP contribution in [0.3, 0.4) is 0 Å². The lowest BCUT2D eigenvalue weighted by Gasteiger charge is -2.21. The van der Waals surface area contributed by atoms with Gasteiger partial charge in [-0.3, -0.25) is 4.98 Å². The Morgan fingerprint density at radius 1 is 0.931 bits per heavy atom. The van der Waals surface area contributed by atoms with Crippen LogP contribution in [0.1, 0.15) is 0 Å². The van der Waals surface area contributed by atoms with Crippen LogP contribution in [-0.2, 0) is 0 Å². The van der Waals surface area contributed by atoms with Gasteiger partial charge in [0.15, 0.2) is 5.58 Å². The Balaban J connectivity index is 1.34. The molecule has 1 aromatic carbocycles. The number of hydrogen-bond donors (Lipinski definition) is 1. The third-order valence-corrected chi connectivity index (χ3v) is 6.26. The molecule has 4 aromatic rings. The van der Waals surface area contributed by atoms with Gasteiger partial charge in [0.2, 0.25) is 0 Å². The fraction of sp³-hybridized carbons (Fsp3) is 0.318. The van der Waals surface area contributed by atoms with Crippen LogP contribution in [0, 0.1) is 11.8 Å². The normalized spacial score (nSPS) is 22.0. The zero-order valence-corrected chi connectivity index (χ0v) is 16.2. The molecule has 2 fully saturated rings. The van der Waals surface area contributed by atoms with Crippen LogP contribution >= 0.6 is 0 Å². The smallest absolute Gasteiger partial charge is 0.292 e. The van der Waals surface area contributed by atoms with E-state index in [9.17, 15) is 0 Å². The average molecular weight is 386 g/mol. The molecule has 0 bridgehead atoms. The van der Waals surface area contributed by atoms with Crippen molar-refractivity contribution in [2.24, 2.45) is 11.8 Å². The maximum absolute atomic E-state index is 5.66. The molecule has 0 aliphatic carbocycles. The summed E-state index contributed by atoms with van der Waals surface area (Å²) in [4.78, 5) is 18.7. The number of fused-ring (bicyclic) bond motifs is 3. The standard InChI is InChI=1S/C22H22N6O/c1-27-9-14-11-28(12-15(14)10-27)16-7-19-18(24-8-16)4-3-17(25-19)13-2-5-21-20(6-13)26-22(23)29-21/h2-8,14-15H,9-12H2,1H3,(H2,23,26). The van der Waals surface area contributed by atoms with Crippen LogP contribution in [0.2, 0.25) is 0 Å². The second-order valence-corrected chi connectivity index (χ2v) is 8.31. The van der Waals surface area contributed by atoms with E-state index in [0.717, 1.165) is 52.7 Å². The van der Waals surface area contributed by atoms with Crippen LogP contribution in [0.5, 0.6) is 0 Å². The van der Waals surface area contributed by atoms with Gasteiger partial charge >= 0.3 is 0 Å². The summed E-state index contributed by atoms with van der Waals surface area (Å²) >= 11 is 0. The Bertz CT molecular complexity index is 1220. The van der Waals surface area contributed by atoms with Crippen molar-refractivity contribution in [3.05, 3.63) is 42.6 Å². The monoisotopic (exact) mass is 386 g/mol. The van der Waals surface area contributed by atoms with Gasteiger partial charge in [0.05, 0.1) is 28.6 Å². The summed E-state index contributed by atoms with van der Waals surface area (Å²) in [7, 11) is 2.22. The molecule has 0 radical (unpaired) electrons. The molecule has 2 atom stereocenters. The number of anilines is 2. The summed E-state index contributed by atoms with van der Waals surface area (Å²) in [6, 6.07) is 12.2. The van der Waals surface area contributed by atoms with Crippen molar-refractivity contribution in [3.63, 3.8) is 0 Å². The highest BCUT2D eigenvalue weighted by atomic mass is 16.4. The molecule has 2 aliphatic heterocycles. The SMILES string of the molecule is CN1CC2CN(c3cnc4ccc(-c5ccc6oc(N)nc6c5)nc4c3)CC2C1. The van der Waals surface area contributed by atoms with Crippen LogP contribution in [0.25, 0.3) is 33.4 Å². The summed E-state index contributed by atoms with van der Waals surface area (Å²) in [5.74, 6) is 1.52. The number of benzene rings is 1. The van der Waals surface area contributed by atoms with Crippen molar-refractivity contribution in [1.82, 2.24) is 19.9 Å². The molecule has 3 aromatic heterocycles. The molecule has 5 heterocycles. The number of nitrogens with two attached hydrogens (primary N) is 1. The molecule has 2 saturated heterocycles. The summed E-state index contributed by atoms with van der Waals surface area (Å²) in [6.45, 7) is 4.59. The van der Waals surface area contributed by atoms with E-state index < -0.39 is 0 Å². The number of aromatic nitrogens is 3. The summed E-state index contributed by atoms with van der Waals surface area (Å²) in [6.07, 6.45) is 1.98. The predicted octanol–water partition coefficient (Wildman–Crippen LogP) is 3.02. The Morgan fingerprint density at radius 2 is 1.76 bits per heavy atom. The van der Waals surface area contributed by atoms with Crippen molar-refractivity contribution >= 4 is 33.8 Å². The lowest BCUT2D eigenvalue weighted by atomic mass is 10.0. The van der Waals surface area contributed by atoms with E-state index in [-0.39, 0.29) is 6.01 Å². The number of hydrogen-bond acceptors (Lipinski definition) is 7. The molecule has 146 valence electrons. The number of likely N-dealkylation sites (tertiary alicyclic amines) is 1. The minimum atomic E-state index is 0.180. The van der Waals surface area contributed by atoms with Crippen LogP contribution in [-0.4, -0.2) is 53.1 Å². The fourth-order valence-electron chi connectivity index (χ4n) is 4.87. The maximum atomic E-state index is 5.66. The lowest BCUT2D eigenvalue weighted by molar-refractivity contribution is 0.387. The van der Waals surface area contributed by atoms with Crippen molar-refractivity contribution < 1.29 is 4.42 Å². The molecule has 0 amide bonds. The van der Waals surface area contributed by atoms with Crippen molar-refractivity contribution in [1.29, 1.82) is 0 Å². The molecule has 7 nitrogen and oxygen atoms in total. The molecule has 2 unspecified atom stereocenters. The quantitative estimate of drug-likeness (QED) is 0.567. The molecule has 0 spiro atoms. The third kappa shape index (κ3) is 2.81. The van der Waals surface area contributed by atoms with Crippen molar-refractivity contribution in [3.8, 4) is 11.3 Å². The van der Waals surface area contributed by atoms with Gasteiger partial charge in [-0.15, -0.1) is 0 Å². The van der Waals surface area contributed by atoms with Gasteiger partial charge in [-0.05, 0) is 55.3 Å². The second-order valence-electron chi connectivity index (χ2n) is 8.31. The van der Waals surface area contributed by atoms with E-state index in [0.29, 0.717) is 5.58 Å². The number of nitrogens with zero attached hydrogens (tertiary/aromatic N) is 5. The summed E-state index contributed by atoms with van der Waals surface area (Å²) < 4.78 is 5.37. The first-order chi connectivity index (χ1) is 14.1. The molecule has 29 heavy (non-hydrogen) atoms. The molecule has 2 N–H and O–H groups in total. The average Bonchev–Trinajstić information content (AvgIpc) is 3.37. The fourth-order valence-corrected chi connectivity index (χ4v) is 4.87. The summed E-state index contributed by atoms with van der Waals surface area (Å²) in [5, 5.41) is 0. The van der Waals surface area contributed by atoms with Crippen molar-refractivity contribution in [2.75, 3.05) is 43.9 Å². The van der Waals surface area contributed by atoms with E-state index in [1.165, 1.54) is 18.8 Å². The van der Waals surface area contributed by atoms with Gasteiger partial charge in [-0.2, -0.15) is 4.98 Å². The van der Waals surface area contributed by atoms with Crippen LogP contribution < -0.4 is 10.6 Å². The minimum Gasteiger partial charge on any atom is -0.424 e. The van der Waals surface area contributed by atoms with Gasteiger partial charge in [0.1, 0.15) is 5.52 Å². The first-order valence-electron chi connectivity index (χ1n) is 9.99. The van der Waals surface area contributed by atoms with E-state index in [1.807, 2.05) is 36.5 Å². The van der Waals surface area contributed by atoms with E-state index in [2.05, 4.69) is 32.9 Å². The highest BCUT2D eigenvalue weighted by Gasteiger charge is 2.38. The highest BCUT2D eigenvalue weighted by Crippen LogP contribution is 2.34. The Morgan fingerprint density at radius 3 is 2.59 bits per heavy atom. The van der Waals surface area contributed by atoms with Gasteiger partial charge in [0, 0.05) is 31.7 Å². The number of rotatable bonds is 2. The number of oxazole rings is 1. The molecule has 2 aliphatic rings. The Kier molecular flexibility index (Phi) is 3.55. The topological polar surface area (TPSA) is 84.3 Å². The molecule has 0 saturated carbocycles. The molecular formula is C22H22N6O. The minimum absolute atomic E-state index is 0.180. The second kappa shape index (κ2) is 6.15. The maximum Gasteiger partial charge on any atom is 0.292 e. The van der Waals surface area contributed by atoms with E-state index >= 15 is 0 Å². The van der Waals surface area contributed by atoms with Crippen LogP contribution in [0.4, 0.5) is 11.7 Å². The van der Waals surface area contributed by atoms with Crippen molar-refractivity contribution in [2.45, 2.75) is 0 Å². The van der Waals surface area contributed by atoms with Gasteiger partial charge in [-0.25, -0.2) is 4.98 Å². The number of nitrogen functional groups attached to an aromatic ring is 1. The van der Waals surface area contributed by atoms with Crippen LogP contribution in [0.15, 0.2) is 47.0 Å². The third-order valence-electron chi connectivity index (χ3n) is 6.26. The Labute approximate surface area is 168 Å². The van der Waals surface area contributed by atoms with Gasteiger partial charge in [-0.1, -0.05) is 0 Å². The first-order valence-corrected chi connectivity index (χ1v) is 9.99. The van der Waals surface area contributed by atoms with E-state index in [1.54, 1.807) is 0 Å². The largest absolute Gasteiger partial charge is 0.424 e. The molecule has 7 heteroatoms. The van der Waals surface area contributed by atoms with E-state index in [4.69, 9.17) is 15.1 Å². The molecular weight excluding hydrogens is 364 g/mol.